The van der Waals surface area contributed by atoms with Crippen LogP contribution in [0.2, 0.25) is 0 Å². The topological polar surface area (TPSA) is 57.4 Å². The minimum atomic E-state index is 0.596. The maximum absolute atomic E-state index is 8.28. The maximum Gasteiger partial charge on any atom is 0.183 e. The Labute approximate surface area is 77.0 Å². The molecular formula is C7H13N3OS. The number of nitrogens with zero attached hydrogens (tertiary/aromatic N) is 2. The number of thioether (sulfide) groups is 1. The van der Waals surface area contributed by atoms with Gasteiger partial charge in [0.1, 0.15) is 0 Å². The van der Waals surface area contributed by atoms with E-state index in [1.54, 1.807) is 0 Å². The van der Waals surface area contributed by atoms with Crippen LogP contribution in [0.15, 0.2) is 4.99 Å². The molecule has 4 nitrogen and oxygen atoms in total. The van der Waals surface area contributed by atoms with Gasteiger partial charge in [0, 0.05) is 6.61 Å². The van der Waals surface area contributed by atoms with Gasteiger partial charge in [-0.25, -0.2) is 0 Å². The Morgan fingerprint density at radius 3 is 3.00 bits per heavy atom. The maximum atomic E-state index is 8.28. The van der Waals surface area contributed by atoms with Crippen LogP contribution in [0.25, 0.3) is 0 Å². The molecule has 0 aromatic heterocycles. The summed E-state index contributed by atoms with van der Waals surface area (Å²) in [6.45, 7) is 3.84. The van der Waals surface area contributed by atoms with Crippen LogP contribution in [0.3, 0.4) is 0 Å². The van der Waals surface area contributed by atoms with Gasteiger partial charge in [-0.15, -0.1) is 0 Å². The number of hydrogen-bond acceptors (Lipinski definition) is 4. The van der Waals surface area contributed by atoms with Crippen molar-refractivity contribution < 1.29 is 4.74 Å². The van der Waals surface area contributed by atoms with E-state index in [-0.39, 0.29) is 0 Å². The highest BCUT2D eigenvalue weighted by Gasteiger charge is 1.92. The molecule has 0 aliphatic rings. The first kappa shape index (κ1) is 11.3. The van der Waals surface area contributed by atoms with Crippen molar-refractivity contribution in [2.24, 2.45) is 4.99 Å². The van der Waals surface area contributed by atoms with Crippen LogP contribution in [-0.4, -0.2) is 31.2 Å². The van der Waals surface area contributed by atoms with Gasteiger partial charge in [-0.3, -0.25) is 10.3 Å². The molecule has 5 heteroatoms. The van der Waals surface area contributed by atoms with Crippen molar-refractivity contribution in [3.8, 4) is 6.19 Å². The fourth-order valence-electron chi connectivity index (χ4n) is 0.559. The molecule has 0 unspecified atom stereocenters. The van der Waals surface area contributed by atoms with Crippen molar-refractivity contribution in [1.29, 1.82) is 5.26 Å². The lowest BCUT2D eigenvalue weighted by atomic mass is 10.7. The SMILES string of the molecule is CCOCCN=C(NC#N)SC. The van der Waals surface area contributed by atoms with E-state index in [1.165, 1.54) is 11.8 Å². The summed E-state index contributed by atoms with van der Waals surface area (Å²) in [5.41, 5.74) is 0. The average molecular weight is 187 g/mol. The predicted octanol–water partition coefficient (Wildman–Crippen LogP) is 0.813. The van der Waals surface area contributed by atoms with Crippen LogP contribution in [0, 0.1) is 11.5 Å². The van der Waals surface area contributed by atoms with E-state index in [1.807, 2.05) is 19.4 Å². The van der Waals surface area contributed by atoms with E-state index in [2.05, 4.69) is 10.3 Å². The highest BCUT2D eigenvalue weighted by Crippen LogP contribution is 1.93. The van der Waals surface area contributed by atoms with Gasteiger partial charge in [0.2, 0.25) is 0 Å². The molecule has 0 bridgehead atoms. The van der Waals surface area contributed by atoms with Gasteiger partial charge in [-0.1, -0.05) is 11.8 Å². The zero-order valence-electron chi connectivity index (χ0n) is 7.33. The smallest absolute Gasteiger partial charge is 0.183 e. The van der Waals surface area contributed by atoms with Crippen LogP contribution in [0.1, 0.15) is 6.92 Å². The van der Waals surface area contributed by atoms with Crippen molar-refractivity contribution in [3.05, 3.63) is 0 Å². The Kier molecular flexibility index (Phi) is 7.86. The third-order valence-electron chi connectivity index (χ3n) is 1.05. The molecule has 0 rings (SSSR count). The fraction of sp³-hybridized carbons (Fsp3) is 0.714. The Balaban J connectivity index is 3.56. The minimum absolute atomic E-state index is 0.596. The molecule has 0 heterocycles. The summed E-state index contributed by atoms with van der Waals surface area (Å²) < 4.78 is 5.08. The summed E-state index contributed by atoms with van der Waals surface area (Å²) in [6.07, 6.45) is 3.68. The number of ether oxygens (including phenoxy) is 1. The second-order valence-corrected chi connectivity index (χ2v) is 2.62. The van der Waals surface area contributed by atoms with E-state index in [0.717, 1.165) is 0 Å². The largest absolute Gasteiger partial charge is 0.380 e. The summed E-state index contributed by atoms with van der Waals surface area (Å²) in [5.74, 6) is 0. The summed E-state index contributed by atoms with van der Waals surface area (Å²) >= 11 is 1.41. The van der Waals surface area contributed by atoms with Gasteiger partial charge < -0.3 is 4.74 Å². The molecule has 0 aliphatic carbocycles. The molecule has 0 aromatic carbocycles. The molecule has 1 N–H and O–H groups in total. The number of rotatable bonds is 4. The van der Waals surface area contributed by atoms with E-state index in [9.17, 15) is 0 Å². The molecule has 0 saturated heterocycles. The van der Waals surface area contributed by atoms with Gasteiger partial charge in [-0.2, -0.15) is 5.26 Å². The Hall–Kier alpha value is -0.730. The first-order valence-corrected chi connectivity index (χ1v) is 4.89. The molecule has 0 atom stereocenters. The number of hydrogen-bond donors (Lipinski definition) is 1. The predicted molar refractivity (Wildman–Crippen MR) is 51.1 cm³/mol. The molecule has 0 saturated carbocycles. The Morgan fingerprint density at radius 2 is 2.50 bits per heavy atom. The van der Waals surface area contributed by atoms with Crippen LogP contribution < -0.4 is 5.32 Å². The molecule has 0 aromatic rings. The average Bonchev–Trinajstić information content (AvgIpc) is 2.10. The van der Waals surface area contributed by atoms with Gasteiger partial charge in [0.05, 0.1) is 13.2 Å². The zero-order chi connectivity index (χ0) is 9.23. The summed E-state index contributed by atoms with van der Waals surface area (Å²) in [4.78, 5) is 4.09. The second kappa shape index (κ2) is 8.37. The molecule has 0 amide bonds. The van der Waals surface area contributed by atoms with Crippen LogP contribution in [-0.2, 0) is 4.74 Å². The number of nitrogens with one attached hydrogen (secondary N) is 1. The third-order valence-corrected chi connectivity index (χ3v) is 1.67. The third kappa shape index (κ3) is 6.01. The Bertz CT molecular complexity index is 176. The lowest BCUT2D eigenvalue weighted by Gasteiger charge is -1.99. The molecular weight excluding hydrogens is 174 g/mol. The quantitative estimate of drug-likeness (QED) is 0.233. The summed E-state index contributed by atoms with van der Waals surface area (Å²) in [6, 6.07) is 0. The lowest BCUT2D eigenvalue weighted by Crippen LogP contribution is -2.14. The summed E-state index contributed by atoms with van der Waals surface area (Å²) in [5, 5.41) is 11.4. The highest BCUT2D eigenvalue weighted by atomic mass is 32.2. The second-order valence-electron chi connectivity index (χ2n) is 1.82. The van der Waals surface area contributed by atoms with Crippen LogP contribution in [0.4, 0.5) is 0 Å². The van der Waals surface area contributed by atoms with Gasteiger partial charge in [0.15, 0.2) is 11.4 Å². The number of nitriles is 1. The molecule has 0 spiro atoms. The standard InChI is InChI=1S/C7H13N3OS/c1-3-11-5-4-9-7(12-2)10-6-8/h3-5H2,1-2H3,(H,9,10). The molecule has 12 heavy (non-hydrogen) atoms. The molecule has 0 radical (unpaired) electrons. The van der Waals surface area contributed by atoms with Crippen LogP contribution >= 0.6 is 11.8 Å². The summed E-state index contributed by atoms with van der Waals surface area (Å²) in [7, 11) is 0. The molecule has 68 valence electrons. The zero-order valence-corrected chi connectivity index (χ0v) is 8.15. The van der Waals surface area contributed by atoms with Crippen molar-refractivity contribution in [3.63, 3.8) is 0 Å². The van der Waals surface area contributed by atoms with Gasteiger partial charge in [0.25, 0.3) is 0 Å². The van der Waals surface area contributed by atoms with Gasteiger partial charge >= 0.3 is 0 Å². The van der Waals surface area contributed by atoms with Crippen LogP contribution in [0.5, 0.6) is 0 Å². The number of amidine groups is 1. The van der Waals surface area contributed by atoms with E-state index < -0.39 is 0 Å². The van der Waals surface area contributed by atoms with E-state index >= 15 is 0 Å². The lowest BCUT2D eigenvalue weighted by molar-refractivity contribution is 0.156. The van der Waals surface area contributed by atoms with Crippen molar-refractivity contribution >= 4 is 16.9 Å². The highest BCUT2D eigenvalue weighted by molar-refractivity contribution is 8.13. The minimum Gasteiger partial charge on any atom is -0.380 e. The Morgan fingerprint density at radius 1 is 1.75 bits per heavy atom. The van der Waals surface area contributed by atoms with Gasteiger partial charge in [-0.05, 0) is 13.2 Å². The van der Waals surface area contributed by atoms with E-state index in [4.69, 9.17) is 10.00 Å². The van der Waals surface area contributed by atoms with Crippen molar-refractivity contribution in [1.82, 2.24) is 5.32 Å². The normalized spacial score (nSPS) is 10.9. The first-order chi connectivity index (χ1) is 5.85. The van der Waals surface area contributed by atoms with E-state index in [0.29, 0.717) is 24.9 Å². The molecule has 0 aliphatic heterocycles. The van der Waals surface area contributed by atoms with Crippen molar-refractivity contribution in [2.75, 3.05) is 26.0 Å². The first-order valence-electron chi connectivity index (χ1n) is 3.66. The number of aliphatic imine (C=N–C) groups is 1. The monoisotopic (exact) mass is 187 g/mol. The molecule has 0 fully saturated rings. The van der Waals surface area contributed by atoms with Crippen molar-refractivity contribution in [2.45, 2.75) is 6.92 Å². The fourth-order valence-corrected chi connectivity index (χ4v) is 0.927.